The summed E-state index contributed by atoms with van der Waals surface area (Å²) in [6.07, 6.45) is 1.26. The molecule has 2 aromatic rings. The second kappa shape index (κ2) is 10.8. The smallest absolute Gasteiger partial charge is 0.379 e. The van der Waals surface area contributed by atoms with Gasteiger partial charge in [-0.15, -0.1) is 0 Å². The van der Waals surface area contributed by atoms with Crippen LogP contribution in [0.5, 0.6) is 0 Å². The number of hydrogen-bond donors (Lipinski definition) is 1. The Kier molecular flexibility index (Phi) is 7.48. The van der Waals surface area contributed by atoms with Crippen molar-refractivity contribution < 1.29 is 22.7 Å². The minimum atomic E-state index is -4.79. The highest BCUT2D eigenvalue weighted by Gasteiger charge is 2.46. The first-order valence-corrected chi connectivity index (χ1v) is 13.1. The summed E-state index contributed by atoms with van der Waals surface area (Å²) in [6.45, 7) is 3.85. The van der Waals surface area contributed by atoms with Crippen LogP contribution in [0.1, 0.15) is 43.2 Å². The van der Waals surface area contributed by atoms with Crippen LogP contribution in [0.2, 0.25) is 0 Å². The number of pyridine rings is 1. The summed E-state index contributed by atoms with van der Waals surface area (Å²) in [5.41, 5.74) is -2.08. The van der Waals surface area contributed by atoms with E-state index in [2.05, 4.69) is 21.1 Å². The third-order valence-corrected chi connectivity index (χ3v) is 8.01. The molecular weight excluding hydrogens is 515 g/mol. The van der Waals surface area contributed by atoms with Crippen LogP contribution < -0.4 is 15.4 Å². The lowest BCUT2D eigenvalue weighted by atomic mass is 9.72. The van der Waals surface area contributed by atoms with Crippen LogP contribution in [0.15, 0.2) is 29.3 Å². The van der Waals surface area contributed by atoms with Crippen molar-refractivity contribution in [1.82, 2.24) is 20.1 Å². The van der Waals surface area contributed by atoms with Crippen LogP contribution in [0.25, 0.3) is 0 Å². The van der Waals surface area contributed by atoms with Gasteiger partial charge >= 0.3 is 6.18 Å². The lowest BCUT2D eigenvalue weighted by Gasteiger charge is -2.54. The summed E-state index contributed by atoms with van der Waals surface area (Å²) < 4.78 is 46.2. The van der Waals surface area contributed by atoms with E-state index in [-0.39, 0.29) is 42.7 Å². The van der Waals surface area contributed by atoms with Gasteiger partial charge in [-0.3, -0.25) is 9.59 Å². The van der Waals surface area contributed by atoms with Gasteiger partial charge in [-0.25, -0.2) is 10.1 Å². The topological polar surface area (TPSA) is 118 Å². The fourth-order valence-corrected chi connectivity index (χ4v) is 5.85. The molecule has 0 saturated carbocycles. The number of carbonyl (C=O) groups excluding carboxylic acids is 1. The molecule has 3 fully saturated rings. The van der Waals surface area contributed by atoms with Gasteiger partial charge in [0.15, 0.2) is 0 Å². The Labute approximate surface area is 223 Å². The molecule has 0 radical (unpaired) electrons. The zero-order valence-corrected chi connectivity index (χ0v) is 21.4. The number of piperidine rings is 1. The fraction of sp³-hybridized carbons (Fsp3) is 0.577. The molecule has 3 aliphatic heterocycles. The summed E-state index contributed by atoms with van der Waals surface area (Å²) in [5, 5.41) is 14.4. The largest absolute Gasteiger partial charge is 0.423 e. The summed E-state index contributed by atoms with van der Waals surface area (Å²) >= 11 is 0. The summed E-state index contributed by atoms with van der Waals surface area (Å²) in [6, 6.07) is 5.38. The molecule has 0 aromatic carbocycles. The molecule has 13 heteroatoms. The van der Waals surface area contributed by atoms with Crippen LogP contribution in [-0.2, 0) is 15.7 Å². The van der Waals surface area contributed by atoms with E-state index in [1.807, 2.05) is 16.1 Å². The maximum atomic E-state index is 13.5. The van der Waals surface area contributed by atoms with Crippen molar-refractivity contribution in [2.24, 2.45) is 5.41 Å². The number of likely N-dealkylation sites (tertiary alicyclic amines) is 1. The number of rotatable bonds is 7. The van der Waals surface area contributed by atoms with Crippen molar-refractivity contribution in [3.8, 4) is 6.07 Å². The Morgan fingerprint density at radius 2 is 1.97 bits per heavy atom. The first-order valence-electron chi connectivity index (χ1n) is 13.1. The van der Waals surface area contributed by atoms with Crippen molar-refractivity contribution in [3.63, 3.8) is 0 Å². The number of hydrogen-bond acceptors (Lipinski definition) is 8. The number of H-pyrrole nitrogens is 1. The molecule has 39 heavy (non-hydrogen) atoms. The van der Waals surface area contributed by atoms with Gasteiger partial charge in [-0.05, 0) is 37.8 Å². The monoisotopic (exact) mass is 545 g/mol. The van der Waals surface area contributed by atoms with Gasteiger partial charge in [0.25, 0.3) is 5.56 Å². The lowest BCUT2D eigenvalue weighted by Crippen LogP contribution is -2.62. The third kappa shape index (κ3) is 5.71. The molecule has 3 saturated heterocycles. The van der Waals surface area contributed by atoms with Crippen molar-refractivity contribution >= 4 is 17.4 Å². The van der Waals surface area contributed by atoms with Gasteiger partial charge in [0, 0.05) is 44.3 Å². The van der Waals surface area contributed by atoms with E-state index in [9.17, 15) is 22.8 Å². The van der Waals surface area contributed by atoms with E-state index < -0.39 is 17.3 Å². The number of aromatic amines is 1. The molecule has 1 amide bonds. The number of amides is 1. The highest BCUT2D eigenvalue weighted by atomic mass is 19.4. The standard InChI is InChI=1S/C26H30F3N7O3/c27-26(28,29)23-20(14-32-33-24(23)38)36-8-1-2-19(36)15-39-11-5-22(37)35-16-25(17-35)6-9-34(10-7-25)21-4-3-18(12-30)13-31-21/h3-4,13-14,19H,1-2,5-11,15-17H2,(H,33,38)/t19-/m0/s1. The molecule has 208 valence electrons. The van der Waals surface area contributed by atoms with Crippen LogP contribution in [-0.4, -0.2) is 78.0 Å². The van der Waals surface area contributed by atoms with Gasteiger partial charge in [-0.2, -0.15) is 23.5 Å². The van der Waals surface area contributed by atoms with Gasteiger partial charge in [0.05, 0.1) is 43.1 Å². The number of ether oxygens (including phenoxy) is 1. The minimum absolute atomic E-state index is 0.0123. The first-order chi connectivity index (χ1) is 18.7. The van der Waals surface area contributed by atoms with Crippen LogP contribution in [0.3, 0.4) is 0 Å². The Bertz CT molecular complexity index is 1280. The number of anilines is 2. The van der Waals surface area contributed by atoms with Crippen molar-refractivity contribution in [3.05, 3.63) is 46.0 Å². The number of alkyl halides is 3. The number of nitriles is 1. The van der Waals surface area contributed by atoms with Gasteiger partial charge < -0.3 is 19.4 Å². The second-order valence-corrected chi connectivity index (χ2v) is 10.5. The molecule has 1 spiro atoms. The highest BCUT2D eigenvalue weighted by molar-refractivity contribution is 5.77. The average Bonchev–Trinajstić information content (AvgIpc) is 3.37. The molecular formula is C26H30F3N7O3. The van der Waals surface area contributed by atoms with Crippen molar-refractivity contribution in [1.29, 1.82) is 5.26 Å². The lowest BCUT2D eigenvalue weighted by molar-refractivity contribution is -0.146. The van der Waals surface area contributed by atoms with E-state index in [0.717, 1.165) is 37.9 Å². The number of nitrogens with one attached hydrogen (secondary N) is 1. The average molecular weight is 546 g/mol. The Morgan fingerprint density at radius 1 is 1.21 bits per heavy atom. The number of aromatic nitrogens is 3. The van der Waals surface area contributed by atoms with E-state index in [1.165, 1.54) is 4.90 Å². The quantitative estimate of drug-likeness (QED) is 0.528. The molecule has 10 nitrogen and oxygen atoms in total. The third-order valence-electron chi connectivity index (χ3n) is 8.01. The summed E-state index contributed by atoms with van der Waals surface area (Å²) in [5.74, 6) is 0.872. The zero-order chi connectivity index (χ0) is 27.6. The van der Waals surface area contributed by atoms with E-state index in [4.69, 9.17) is 10.00 Å². The van der Waals surface area contributed by atoms with Crippen LogP contribution in [0.4, 0.5) is 24.7 Å². The number of nitrogens with zero attached hydrogens (tertiary/aromatic N) is 6. The highest BCUT2D eigenvalue weighted by Crippen LogP contribution is 2.41. The van der Waals surface area contributed by atoms with Crippen LogP contribution in [0, 0.1) is 16.7 Å². The van der Waals surface area contributed by atoms with Crippen molar-refractivity contribution in [2.45, 2.75) is 44.3 Å². The SMILES string of the molecule is N#Cc1ccc(N2CCC3(CC2)CN(C(=O)CCOC[C@@H]2CCCN2c2cn[nH]c(=O)c2C(F)(F)F)C3)nc1. The van der Waals surface area contributed by atoms with Gasteiger partial charge in [-0.1, -0.05) is 0 Å². The minimum Gasteiger partial charge on any atom is -0.379 e. The maximum Gasteiger partial charge on any atom is 0.423 e. The molecule has 5 rings (SSSR count). The zero-order valence-electron chi connectivity index (χ0n) is 21.4. The molecule has 5 heterocycles. The number of carbonyl (C=O) groups is 1. The van der Waals surface area contributed by atoms with Gasteiger partial charge in [0.2, 0.25) is 5.91 Å². The molecule has 2 aromatic heterocycles. The molecule has 1 atom stereocenters. The predicted molar refractivity (Wildman–Crippen MR) is 135 cm³/mol. The van der Waals surface area contributed by atoms with E-state index in [1.54, 1.807) is 12.3 Å². The second-order valence-electron chi connectivity index (χ2n) is 10.5. The number of halogens is 3. The molecule has 3 aliphatic rings. The van der Waals surface area contributed by atoms with Crippen molar-refractivity contribution in [2.75, 3.05) is 55.7 Å². The Balaban J connectivity index is 1.05. The maximum absolute atomic E-state index is 13.5. The first kappa shape index (κ1) is 26.9. The Morgan fingerprint density at radius 3 is 2.64 bits per heavy atom. The molecule has 0 unspecified atom stereocenters. The fourth-order valence-electron chi connectivity index (χ4n) is 5.85. The molecule has 0 aliphatic carbocycles. The normalized spacial score (nSPS) is 20.7. The Hall–Kier alpha value is -3.66. The van der Waals surface area contributed by atoms with Crippen LogP contribution >= 0.6 is 0 Å². The predicted octanol–water partition coefficient (Wildman–Crippen LogP) is 2.56. The summed E-state index contributed by atoms with van der Waals surface area (Å²) in [4.78, 5) is 34.5. The molecule has 1 N–H and O–H groups in total. The van der Waals surface area contributed by atoms with Gasteiger partial charge in [0.1, 0.15) is 17.5 Å². The van der Waals surface area contributed by atoms with E-state index in [0.29, 0.717) is 38.0 Å². The molecule has 0 bridgehead atoms. The van der Waals surface area contributed by atoms with E-state index >= 15 is 0 Å². The summed E-state index contributed by atoms with van der Waals surface area (Å²) in [7, 11) is 0.